The molecule has 0 saturated carbocycles. The van der Waals surface area contributed by atoms with E-state index in [0.29, 0.717) is 0 Å². The number of carbonyl (C=O) groups excluding carboxylic acids is 2. The fourth-order valence-corrected chi connectivity index (χ4v) is 5.71. The van der Waals surface area contributed by atoms with Crippen LogP contribution >= 0.6 is 7.37 Å². The third-order valence-electron chi connectivity index (χ3n) is 4.57. The molecule has 1 N–H and O–H groups in total. The lowest BCUT2D eigenvalue weighted by Crippen LogP contribution is -2.38. The fraction of sp³-hybridized carbons (Fsp3) is 0.417. The predicted molar refractivity (Wildman–Crippen MR) is 124 cm³/mol. The molecule has 2 unspecified atom stereocenters. The van der Waals surface area contributed by atoms with Gasteiger partial charge in [0.25, 0.3) is 0 Å². The first-order valence-corrected chi connectivity index (χ1v) is 12.6. The van der Waals surface area contributed by atoms with Crippen LogP contribution in [0.4, 0.5) is 4.79 Å². The average Bonchev–Trinajstić information content (AvgIpc) is 2.77. The number of nitrogens with one attached hydrogen (secondary N) is 1. The molecule has 2 atom stereocenters. The second-order valence-electron chi connectivity index (χ2n) is 7.57. The molecule has 1 amide bonds. The monoisotopic (exact) mass is 461 g/mol. The molecule has 0 fully saturated rings. The van der Waals surface area contributed by atoms with Gasteiger partial charge in [-0.15, -0.1) is 0 Å². The molecule has 0 aromatic heterocycles. The van der Waals surface area contributed by atoms with E-state index in [1.165, 1.54) is 0 Å². The van der Waals surface area contributed by atoms with Crippen LogP contribution < -0.4 is 5.32 Å². The number of amides is 1. The van der Waals surface area contributed by atoms with Gasteiger partial charge in [-0.3, -0.25) is 9.36 Å². The van der Waals surface area contributed by atoms with Crippen LogP contribution in [0.15, 0.2) is 60.7 Å². The number of benzene rings is 2. The Morgan fingerprint density at radius 1 is 0.938 bits per heavy atom. The third-order valence-corrected chi connectivity index (χ3v) is 7.45. The first-order valence-electron chi connectivity index (χ1n) is 10.8. The molecule has 0 aliphatic carbocycles. The molecule has 0 aliphatic heterocycles. The van der Waals surface area contributed by atoms with Crippen LogP contribution in [0.25, 0.3) is 0 Å². The van der Waals surface area contributed by atoms with Crippen LogP contribution in [0.3, 0.4) is 0 Å². The topological polar surface area (TPSA) is 90.9 Å². The van der Waals surface area contributed by atoms with Crippen LogP contribution in [-0.2, 0) is 36.4 Å². The van der Waals surface area contributed by atoms with Crippen LogP contribution in [0.1, 0.15) is 38.3 Å². The summed E-state index contributed by atoms with van der Waals surface area (Å²) in [4.78, 5) is 24.5. The molecule has 0 radical (unpaired) electrons. The van der Waals surface area contributed by atoms with Crippen molar-refractivity contribution in [1.82, 2.24) is 5.32 Å². The van der Waals surface area contributed by atoms with Gasteiger partial charge in [-0.1, -0.05) is 60.7 Å². The van der Waals surface area contributed by atoms with Gasteiger partial charge in [0.15, 0.2) is 0 Å². The zero-order chi connectivity index (χ0) is 23.4. The molecule has 174 valence electrons. The first kappa shape index (κ1) is 25.6. The van der Waals surface area contributed by atoms with Gasteiger partial charge < -0.3 is 19.3 Å². The minimum absolute atomic E-state index is 0.0412. The van der Waals surface area contributed by atoms with Crippen molar-refractivity contribution in [3.8, 4) is 0 Å². The van der Waals surface area contributed by atoms with Gasteiger partial charge in [-0.25, -0.2) is 4.79 Å². The van der Waals surface area contributed by atoms with Gasteiger partial charge in [0.05, 0.1) is 19.1 Å². The van der Waals surface area contributed by atoms with Gasteiger partial charge in [0.2, 0.25) is 7.37 Å². The van der Waals surface area contributed by atoms with E-state index in [1.807, 2.05) is 60.7 Å². The van der Waals surface area contributed by atoms with E-state index in [4.69, 9.17) is 14.0 Å². The van der Waals surface area contributed by atoms with Gasteiger partial charge in [-0.2, -0.15) is 0 Å². The van der Waals surface area contributed by atoms with E-state index in [1.54, 1.807) is 20.8 Å². The number of alkyl carbamates (subject to hydrolysis) is 1. The summed E-state index contributed by atoms with van der Waals surface area (Å²) in [6, 6.07) is 18.7. The maximum Gasteiger partial charge on any atom is 0.408 e. The maximum atomic E-state index is 13.9. The minimum Gasteiger partial charge on any atom is -0.466 e. The quantitative estimate of drug-likeness (QED) is 0.348. The standard InChI is InChI=1S/C24H32NO6P/c1-4-29-23(26)15-16-32(28,31-19(2)3)22(17-20-11-7-5-8-12-20)25-24(27)30-18-21-13-9-6-10-14-21/h5-14,19,22H,4,15-18H2,1-3H3,(H,25,27). The highest BCUT2D eigenvalue weighted by molar-refractivity contribution is 7.59. The Morgan fingerprint density at radius 2 is 1.53 bits per heavy atom. The highest BCUT2D eigenvalue weighted by Gasteiger charge is 2.37. The second kappa shape index (κ2) is 13.0. The van der Waals surface area contributed by atoms with Crippen molar-refractivity contribution in [3.63, 3.8) is 0 Å². The summed E-state index contributed by atoms with van der Waals surface area (Å²) in [5.74, 6) is -1.31. The Balaban J connectivity index is 2.19. The lowest BCUT2D eigenvalue weighted by atomic mass is 10.1. The number of ether oxygens (including phenoxy) is 2. The molecular formula is C24H32NO6P. The Morgan fingerprint density at radius 3 is 2.09 bits per heavy atom. The van der Waals surface area contributed by atoms with Crippen LogP contribution in [0.5, 0.6) is 0 Å². The number of rotatable bonds is 12. The lowest BCUT2D eigenvalue weighted by Gasteiger charge is -2.29. The van der Waals surface area contributed by atoms with Gasteiger partial charge in [-0.05, 0) is 31.9 Å². The van der Waals surface area contributed by atoms with Crippen molar-refractivity contribution in [1.29, 1.82) is 0 Å². The summed E-state index contributed by atoms with van der Waals surface area (Å²) in [5, 5.41) is 2.74. The molecule has 2 rings (SSSR count). The fourth-order valence-electron chi connectivity index (χ4n) is 3.15. The van der Waals surface area contributed by atoms with E-state index < -0.39 is 25.2 Å². The number of esters is 1. The van der Waals surface area contributed by atoms with E-state index in [0.717, 1.165) is 11.1 Å². The SMILES string of the molecule is CCOC(=O)CCP(=O)(OC(C)C)C(Cc1ccccc1)NC(=O)OCc1ccccc1. The van der Waals surface area contributed by atoms with Crippen molar-refractivity contribution in [2.24, 2.45) is 0 Å². The van der Waals surface area contributed by atoms with Crippen molar-refractivity contribution < 1.29 is 28.2 Å². The van der Waals surface area contributed by atoms with Crippen LogP contribution in [0.2, 0.25) is 0 Å². The van der Waals surface area contributed by atoms with E-state index in [-0.39, 0.29) is 38.3 Å². The zero-order valence-corrected chi connectivity index (χ0v) is 19.8. The second-order valence-corrected chi connectivity index (χ2v) is 10.3. The Hall–Kier alpha value is -2.63. The molecular weight excluding hydrogens is 429 g/mol. The minimum atomic E-state index is -3.49. The Labute approximate surface area is 189 Å². The summed E-state index contributed by atoms with van der Waals surface area (Å²) in [7, 11) is -3.49. The normalized spacial score (nSPS) is 13.8. The first-order chi connectivity index (χ1) is 15.3. The number of hydrogen-bond acceptors (Lipinski definition) is 6. The molecule has 8 heteroatoms. The van der Waals surface area contributed by atoms with Crippen molar-refractivity contribution in [3.05, 3.63) is 71.8 Å². The molecule has 0 heterocycles. The van der Waals surface area contributed by atoms with Gasteiger partial charge in [0, 0.05) is 12.6 Å². The molecule has 2 aromatic rings. The summed E-state index contributed by atoms with van der Waals surface area (Å²) < 4.78 is 30.1. The van der Waals surface area contributed by atoms with Gasteiger partial charge in [0.1, 0.15) is 12.4 Å². The van der Waals surface area contributed by atoms with Crippen LogP contribution in [0, 0.1) is 0 Å². The number of carbonyl (C=O) groups is 2. The Bertz CT molecular complexity index is 888. The van der Waals surface area contributed by atoms with E-state index >= 15 is 0 Å². The third kappa shape index (κ3) is 8.85. The smallest absolute Gasteiger partial charge is 0.408 e. The van der Waals surface area contributed by atoms with E-state index in [2.05, 4.69) is 5.32 Å². The largest absolute Gasteiger partial charge is 0.466 e. The van der Waals surface area contributed by atoms with Crippen LogP contribution in [-0.4, -0.2) is 36.7 Å². The van der Waals surface area contributed by atoms with Crippen molar-refractivity contribution in [2.75, 3.05) is 12.8 Å². The summed E-state index contributed by atoms with van der Waals surface area (Å²) in [5.41, 5.74) is 1.72. The molecule has 0 aliphatic rings. The zero-order valence-electron chi connectivity index (χ0n) is 18.9. The van der Waals surface area contributed by atoms with E-state index in [9.17, 15) is 14.2 Å². The van der Waals surface area contributed by atoms with Crippen molar-refractivity contribution in [2.45, 2.75) is 52.1 Å². The summed E-state index contributed by atoms with van der Waals surface area (Å²) in [6.45, 7) is 5.58. The molecule has 7 nitrogen and oxygen atoms in total. The summed E-state index contributed by atoms with van der Waals surface area (Å²) in [6.07, 6.45) is -0.889. The summed E-state index contributed by atoms with van der Waals surface area (Å²) >= 11 is 0. The van der Waals surface area contributed by atoms with Crippen molar-refractivity contribution >= 4 is 19.4 Å². The highest BCUT2D eigenvalue weighted by atomic mass is 31.2. The Kier molecular flexibility index (Phi) is 10.4. The molecule has 0 bridgehead atoms. The maximum absolute atomic E-state index is 13.9. The lowest BCUT2D eigenvalue weighted by molar-refractivity contribution is -0.142. The highest BCUT2D eigenvalue weighted by Crippen LogP contribution is 2.53. The average molecular weight is 461 g/mol. The number of hydrogen-bond donors (Lipinski definition) is 1. The molecule has 2 aromatic carbocycles. The molecule has 0 saturated heterocycles. The predicted octanol–water partition coefficient (Wildman–Crippen LogP) is 5.14. The van der Waals surface area contributed by atoms with Gasteiger partial charge >= 0.3 is 12.1 Å². The molecule has 32 heavy (non-hydrogen) atoms. The molecule has 0 spiro atoms.